The van der Waals surface area contributed by atoms with Crippen molar-refractivity contribution in [2.75, 3.05) is 0 Å². The molecule has 0 radical (unpaired) electrons. The predicted molar refractivity (Wildman–Crippen MR) is 54.4 cm³/mol. The zero-order valence-electron chi connectivity index (χ0n) is 8.64. The van der Waals surface area contributed by atoms with Crippen molar-refractivity contribution in [3.8, 4) is 0 Å². The second-order valence-corrected chi connectivity index (χ2v) is 3.75. The van der Waals surface area contributed by atoms with Crippen LogP contribution in [0.15, 0.2) is 0 Å². The quantitative estimate of drug-likeness (QED) is 0.585. The lowest BCUT2D eigenvalue weighted by molar-refractivity contribution is -0.390. The van der Waals surface area contributed by atoms with Crippen molar-refractivity contribution in [3.05, 3.63) is 21.6 Å². The molecule has 0 amide bonds. The van der Waals surface area contributed by atoms with E-state index in [0.717, 1.165) is 25.2 Å². The van der Waals surface area contributed by atoms with Gasteiger partial charge in [-0.2, -0.15) is 0 Å². The first kappa shape index (κ1) is 10.1. The zero-order valence-corrected chi connectivity index (χ0v) is 8.64. The minimum absolute atomic E-state index is 0.0564. The van der Waals surface area contributed by atoms with Crippen molar-refractivity contribution in [1.82, 2.24) is 9.55 Å². The van der Waals surface area contributed by atoms with Gasteiger partial charge < -0.3 is 20.4 Å². The number of rotatable bonds is 2. The maximum absolute atomic E-state index is 10.8. The SMILES string of the molecule is CCc1nc([N+](=O)[O-])c2n1CCCC2N. The van der Waals surface area contributed by atoms with Crippen LogP contribution in [0.1, 0.15) is 37.3 Å². The summed E-state index contributed by atoms with van der Waals surface area (Å²) in [4.78, 5) is 14.4. The summed E-state index contributed by atoms with van der Waals surface area (Å²) in [5.41, 5.74) is 6.49. The van der Waals surface area contributed by atoms with Gasteiger partial charge in [0.2, 0.25) is 5.82 Å². The molecule has 2 rings (SSSR count). The molecule has 0 fully saturated rings. The first-order chi connectivity index (χ1) is 7.15. The number of fused-ring (bicyclic) bond motifs is 1. The summed E-state index contributed by atoms with van der Waals surface area (Å²) in [6.07, 6.45) is 2.47. The molecule has 0 saturated heterocycles. The van der Waals surface area contributed by atoms with E-state index in [1.807, 2.05) is 11.5 Å². The maximum atomic E-state index is 10.8. The standard InChI is InChI=1S/C9H14N4O2/c1-2-7-11-9(13(14)15)8-6(10)4-3-5-12(7)8/h6H,2-5,10H2,1H3. The third kappa shape index (κ3) is 1.50. The molecule has 1 aromatic rings. The number of aryl methyl sites for hydroxylation is 1. The fourth-order valence-corrected chi connectivity index (χ4v) is 2.13. The molecule has 0 spiro atoms. The van der Waals surface area contributed by atoms with E-state index in [0.29, 0.717) is 12.1 Å². The summed E-state index contributed by atoms with van der Waals surface area (Å²) in [6, 6.07) is -0.244. The fraction of sp³-hybridized carbons (Fsp3) is 0.667. The van der Waals surface area contributed by atoms with Crippen LogP contribution in [0.25, 0.3) is 0 Å². The van der Waals surface area contributed by atoms with E-state index in [9.17, 15) is 10.1 Å². The first-order valence-electron chi connectivity index (χ1n) is 5.14. The molecule has 6 nitrogen and oxygen atoms in total. The molecule has 1 atom stereocenters. The molecule has 1 aliphatic heterocycles. The van der Waals surface area contributed by atoms with Crippen molar-refractivity contribution < 1.29 is 4.92 Å². The van der Waals surface area contributed by atoms with Crippen molar-refractivity contribution in [3.63, 3.8) is 0 Å². The fourth-order valence-electron chi connectivity index (χ4n) is 2.13. The van der Waals surface area contributed by atoms with Crippen LogP contribution in [0.3, 0.4) is 0 Å². The van der Waals surface area contributed by atoms with Crippen LogP contribution in [-0.2, 0) is 13.0 Å². The summed E-state index contributed by atoms with van der Waals surface area (Å²) >= 11 is 0. The Labute approximate surface area is 87.2 Å². The number of hydrogen-bond acceptors (Lipinski definition) is 4. The van der Waals surface area contributed by atoms with Gasteiger partial charge in [0.1, 0.15) is 5.69 Å². The summed E-state index contributed by atoms with van der Waals surface area (Å²) in [7, 11) is 0. The highest BCUT2D eigenvalue weighted by Gasteiger charge is 2.32. The minimum Gasteiger partial charge on any atom is -0.358 e. The molecule has 0 bridgehead atoms. The van der Waals surface area contributed by atoms with Crippen LogP contribution < -0.4 is 5.73 Å². The van der Waals surface area contributed by atoms with Gasteiger partial charge in [0, 0.05) is 13.0 Å². The van der Waals surface area contributed by atoms with Crippen LogP contribution in [-0.4, -0.2) is 14.5 Å². The van der Waals surface area contributed by atoms with Gasteiger partial charge in [0.05, 0.1) is 6.04 Å². The third-order valence-corrected chi connectivity index (χ3v) is 2.80. The Morgan fingerprint density at radius 3 is 3.07 bits per heavy atom. The average Bonchev–Trinajstić information content (AvgIpc) is 2.58. The molecule has 2 N–H and O–H groups in total. The van der Waals surface area contributed by atoms with E-state index in [1.165, 1.54) is 0 Å². The maximum Gasteiger partial charge on any atom is 0.386 e. The van der Waals surface area contributed by atoms with Gasteiger partial charge in [-0.25, -0.2) is 0 Å². The molecule has 0 saturated carbocycles. The average molecular weight is 210 g/mol. The van der Waals surface area contributed by atoms with E-state index in [4.69, 9.17) is 5.73 Å². The summed E-state index contributed by atoms with van der Waals surface area (Å²) in [5, 5.41) is 10.8. The number of hydrogen-bond donors (Lipinski definition) is 1. The summed E-state index contributed by atoms with van der Waals surface area (Å²) in [5.74, 6) is 0.714. The number of nitro groups is 1. The van der Waals surface area contributed by atoms with Crippen LogP contribution in [0.5, 0.6) is 0 Å². The Kier molecular flexibility index (Phi) is 2.44. The zero-order chi connectivity index (χ0) is 11.0. The number of nitrogens with zero attached hydrogens (tertiary/aromatic N) is 3. The monoisotopic (exact) mass is 210 g/mol. The molecule has 15 heavy (non-hydrogen) atoms. The normalized spacial score (nSPS) is 20.0. The van der Waals surface area contributed by atoms with Crippen molar-refractivity contribution in [2.24, 2.45) is 5.73 Å². The van der Waals surface area contributed by atoms with Gasteiger partial charge in [-0.1, -0.05) is 6.92 Å². The Morgan fingerprint density at radius 2 is 2.47 bits per heavy atom. The van der Waals surface area contributed by atoms with E-state index < -0.39 is 4.92 Å². The molecule has 6 heteroatoms. The Balaban J connectivity index is 2.58. The van der Waals surface area contributed by atoms with E-state index in [1.54, 1.807) is 0 Å². The van der Waals surface area contributed by atoms with E-state index >= 15 is 0 Å². The highest BCUT2D eigenvalue weighted by atomic mass is 16.6. The van der Waals surface area contributed by atoms with Crippen molar-refractivity contribution in [2.45, 2.75) is 38.8 Å². The largest absolute Gasteiger partial charge is 0.386 e. The van der Waals surface area contributed by atoms with Gasteiger partial charge in [-0.15, -0.1) is 0 Å². The van der Waals surface area contributed by atoms with Gasteiger partial charge in [0.15, 0.2) is 0 Å². The lowest BCUT2D eigenvalue weighted by Crippen LogP contribution is -2.23. The van der Waals surface area contributed by atoms with E-state index in [-0.39, 0.29) is 11.9 Å². The molecule has 1 unspecified atom stereocenters. The highest BCUT2D eigenvalue weighted by Crippen LogP contribution is 2.31. The molecule has 2 heterocycles. The molecule has 1 aliphatic rings. The number of nitrogens with two attached hydrogens (primary N) is 1. The topological polar surface area (TPSA) is 87.0 Å². The van der Waals surface area contributed by atoms with Crippen molar-refractivity contribution >= 4 is 5.82 Å². The predicted octanol–water partition coefficient (Wildman–Crippen LogP) is 1.15. The molecular formula is C9H14N4O2. The van der Waals surface area contributed by atoms with Gasteiger partial charge in [-0.3, -0.25) is 0 Å². The van der Waals surface area contributed by atoms with Crippen LogP contribution in [0.2, 0.25) is 0 Å². The molecule has 0 aliphatic carbocycles. The minimum atomic E-state index is -0.434. The second-order valence-electron chi connectivity index (χ2n) is 3.75. The van der Waals surface area contributed by atoms with Gasteiger partial charge in [0.25, 0.3) is 0 Å². The number of imidazole rings is 1. The summed E-state index contributed by atoms with van der Waals surface area (Å²) < 4.78 is 1.91. The Morgan fingerprint density at radius 1 is 1.73 bits per heavy atom. The third-order valence-electron chi connectivity index (χ3n) is 2.80. The molecule has 0 aromatic carbocycles. The van der Waals surface area contributed by atoms with Crippen LogP contribution >= 0.6 is 0 Å². The lowest BCUT2D eigenvalue weighted by atomic mass is 10.0. The molecular weight excluding hydrogens is 196 g/mol. The molecule has 1 aromatic heterocycles. The van der Waals surface area contributed by atoms with E-state index in [2.05, 4.69) is 4.98 Å². The number of aromatic nitrogens is 2. The molecule has 82 valence electrons. The van der Waals surface area contributed by atoms with Gasteiger partial charge in [-0.05, 0) is 22.7 Å². The smallest absolute Gasteiger partial charge is 0.358 e. The Bertz CT molecular complexity index is 399. The lowest BCUT2D eigenvalue weighted by Gasteiger charge is -2.20. The highest BCUT2D eigenvalue weighted by molar-refractivity contribution is 5.33. The first-order valence-corrected chi connectivity index (χ1v) is 5.14. The van der Waals surface area contributed by atoms with Crippen molar-refractivity contribution in [1.29, 1.82) is 0 Å². The van der Waals surface area contributed by atoms with Crippen LogP contribution in [0.4, 0.5) is 5.82 Å². The second kappa shape index (κ2) is 3.62. The Hall–Kier alpha value is -1.43. The van der Waals surface area contributed by atoms with Gasteiger partial charge >= 0.3 is 5.82 Å². The summed E-state index contributed by atoms with van der Waals surface area (Å²) in [6.45, 7) is 2.74. The van der Waals surface area contributed by atoms with Crippen LogP contribution in [0, 0.1) is 10.1 Å².